The maximum atomic E-state index is 12.8. The number of aryl methyl sites for hydroxylation is 1. The number of carbonyl (C=O) groups is 3. The lowest BCUT2D eigenvalue weighted by atomic mass is 10.3. The number of benzene rings is 1. The van der Waals surface area contributed by atoms with Crippen LogP contribution in [-0.2, 0) is 19.1 Å². The molecule has 0 aliphatic rings. The van der Waals surface area contributed by atoms with Gasteiger partial charge in [-0.2, -0.15) is 0 Å². The van der Waals surface area contributed by atoms with E-state index in [4.69, 9.17) is 4.74 Å². The Labute approximate surface area is 153 Å². The van der Waals surface area contributed by atoms with Crippen LogP contribution in [0.4, 0.5) is 10.1 Å². The average molecular weight is 376 g/mol. The Bertz CT molecular complexity index is 815. The van der Waals surface area contributed by atoms with Gasteiger partial charge in [-0.1, -0.05) is 0 Å². The van der Waals surface area contributed by atoms with Gasteiger partial charge in [0.15, 0.2) is 6.61 Å². The lowest BCUT2D eigenvalue weighted by Crippen LogP contribution is -2.35. The molecule has 0 spiro atoms. The summed E-state index contributed by atoms with van der Waals surface area (Å²) in [7, 11) is 0. The molecule has 0 atom stereocenters. The van der Waals surface area contributed by atoms with E-state index in [0.717, 1.165) is 10.4 Å². The van der Waals surface area contributed by atoms with Crippen LogP contribution in [0, 0.1) is 12.7 Å². The predicted molar refractivity (Wildman–Crippen MR) is 97.1 cm³/mol. The van der Waals surface area contributed by atoms with Crippen molar-refractivity contribution in [1.82, 2.24) is 5.32 Å². The molecule has 0 bridgehead atoms. The van der Waals surface area contributed by atoms with E-state index in [1.807, 2.05) is 18.4 Å². The molecule has 2 aromatic rings. The molecule has 1 aromatic heterocycles. The number of thiophene rings is 1. The number of ether oxygens (including phenoxy) is 1. The Morgan fingerprint density at radius 3 is 2.54 bits per heavy atom. The summed E-state index contributed by atoms with van der Waals surface area (Å²) >= 11 is 1.49. The van der Waals surface area contributed by atoms with Gasteiger partial charge in [-0.25, -0.2) is 9.18 Å². The van der Waals surface area contributed by atoms with Crippen LogP contribution in [0.25, 0.3) is 6.08 Å². The average Bonchev–Trinajstić information content (AvgIpc) is 3.03. The summed E-state index contributed by atoms with van der Waals surface area (Å²) in [6, 6.07) is 7.15. The molecule has 0 aliphatic carbocycles. The highest BCUT2D eigenvalue weighted by Gasteiger charge is 2.08. The largest absolute Gasteiger partial charge is 0.452 e. The van der Waals surface area contributed by atoms with E-state index < -0.39 is 30.2 Å². The van der Waals surface area contributed by atoms with Gasteiger partial charge in [-0.05, 0) is 54.3 Å². The first kappa shape index (κ1) is 19.3. The molecule has 0 radical (unpaired) electrons. The number of amides is 2. The molecule has 6 nitrogen and oxygen atoms in total. The number of anilines is 1. The Balaban J connectivity index is 1.67. The zero-order valence-corrected chi connectivity index (χ0v) is 14.8. The number of esters is 1. The van der Waals surface area contributed by atoms with Crippen molar-refractivity contribution in [3.05, 3.63) is 58.0 Å². The minimum Gasteiger partial charge on any atom is -0.452 e. The molecule has 0 fully saturated rings. The Hall–Kier alpha value is -3.00. The van der Waals surface area contributed by atoms with E-state index in [1.165, 1.54) is 41.7 Å². The zero-order chi connectivity index (χ0) is 18.9. The number of halogens is 1. The highest BCUT2D eigenvalue weighted by atomic mass is 32.1. The minimum atomic E-state index is -0.649. The molecule has 26 heavy (non-hydrogen) atoms. The molecule has 2 N–H and O–H groups in total. The Morgan fingerprint density at radius 2 is 1.88 bits per heavy atom. The van der Waals surface area contributed by atoms with Crippen molar-refractivity contribution in [2.24, 2.45) is 0 Å². The van der Waals surface area contributed by atoms with Crippen LogP contribution in [0.2, 0.25) is 0 Å². The van der Waals surface area contributed by atoms with Crippen molar-refractivity contribution in [3.63, 3.8) is 0 Å². The molecule has 2 amide bonds. The molecule has 2 rings (SSSR count). The van der Waals surface area contributed by atoms with Crippen LogP contribution >= 0.6 is 11.3 Å². The molecule has 0 saturated carbocycles. The second-order valence-electron chi connectivity index (χ2n) is 5.24. The van der Waals surface area contributed by atoms with Gasteiger partial charge >= 0.3 is 5.97 Å². The maximum absolute atomic E-state index is 12.8. The summed E-state index contributed by atoms with van der Waals surface area (Å²) in [5.74, 6) is -2.15. The monoisotopic (exact) mass is 376 g/mol. The first-order valence-electron chi connectivity index (χ1n) is 7.65. The van der Waals surface area contributed by atoms with Gasteiger partial charge in [0.05, 0.1) is 6.54 Å². The van der Waals surface area contributed by atoms with Crippen LogP contribution in [0.1, 0.15) is 10.4 Å². The minimum absolute atomic E-state index is 0.294. The second-order valence-corrected chi connectivity index (χ2v) is 6.19. The Kier molecular flexibility index (Phi) is 7.04. The van der Waals surface area contributed by atoms with Gasteiger partial charge in [0.1, 0.15) is 5.82 Å². The van der Waals surface area contributed by atoms with Crippen molar-refractivity contribution < 1.29 is 23.5 Å². The van der Waals surface area contributed by atoms with Crippen LogP contribution < -0.4 is 10.6 Å². The van der Waals surface area contributed by atoms with Crippen LogP contribution in [-0.4, -0.2) is 30.9 Å². The van der Waals surface area contributed by atoms with Gasteiger partial charge in [0.2, 0.25) is 5.91 Å². The molecular weight excluding hydrogens is 359 g/mol. The highest BCUT2D eigenvalue weighted by molar-refractivity contribution is 7.11. The first-order valence-corrected chi connectivity index (χ1v) is 8.53. The van der Waals surface area contributed by atoms with E-state index in [2.05, 4.69) is 10.6 Å². The molecule has 8 heteroatoms. The van der Waals surface area contributed by atoms with Crippen molar-refractivity contribution in [2.75, 3.05) is 18.5 Å². The molecule has 136 valence electrons. The number of hydrogen-bond donors (Lipinski definition) is 2. The number of hydrogen-bond acceptors (Lipinski definition) is 5. The molecule has 1 heterocycles. The first-order chi connectivity index (χ1) is 12.4. The summed E-state index contributed by atoms with van der Waals surface area (Å²) < 4.78 is 17.6. The zero-order valence-electron chi connectivity index (χ0n) is 14.0. The fourth-order valence-electron chi connectivity index (χ4n) is 1.85. The summed E-state index contributed by atoms with van der Waals surface area (Å²) in [5.41, 5.74) is 1.45. The number of rotatable bonds is 7. The summed E-state index contributed by atoms with van der Waals surface area (Å²) in [4.78, 5) is 35.8. The SMILES string of the molecule is Cc1ccsc1/C=C/C(=O)OCC(=O)NCC(=O)Nc1ccc(F)cc1. The lowest BCUT2D eigenvalue weighted by Gasteiger charge is -2.07. The smallest absolute Gasteiger partial charge is 0.331 e. The van der Waals surface area contributed by atoms with E-state index in [0.29, 0.717) is 5.69 Å². The van der Waals surface area contributed by atoms with Crippen LogP contribution in [0.3, 0.4) is 0 Å². The topological polar surface area (TPSA) is 84.5 Å². The third kappa shape index (κ3) is 6.48. The van der Waals surface area contributed by atoms with Crippen molar-refractivity contribution >= 4 is 40.9 Å². The van der Waals surface area contributed by atoms with Gasteiger partial charge < -0.3 is 15.4 Å². The number of nitrogens with one attached hydrogen (secondary N) is 2. The summed E-state index contributed by atoms with van der Waals surface area (Å²) in [5, 5.41) is 6.72. The van der Waals surface area contributed by atoms with Gasteiger partial charge in [-0.15, -0.1) is 11.3 Å². The molecule has 0 unspecified atom stereocenters. The van der Waals surface area contributed by atoms with Crippen LogP contribution in [0.15, 0.2) is 41.8 Å². The van der Waals surface area contributed by atoms with Crippen molar-refractivity contribution in [3.8, 4) is 0 Å². The van der Waals surface area contributed by atoms with Gasteiger partial charge in [0.25, 0.3) is 5.91 Å². The van der Waals surface area contributed by atoms with E-state index in [-0.39, 0.29) is 6.54 Å². The predicted octanol–water partition coefficient (Wildman–Crippen LogP) is 2.51. The van der Waals surface area contributed by atoms with Gasteiger partial charge in [-0.3, -0.25) is 9.59 Å². The molecule has 0 aliphatic heterocycles. The third-order valence-corrected chi connectivity index (χ3v) is 4.18. The maximum Gasteiger partial charge on any atom is 0.331 e. The van der Waals surface area contributed by atoms with E-state index >= 15 is 0 Å². The quantitative estimate of drug-likeness (QED) is 0.574. The standard InChI is InChI=1S/C18H17FN2O4S/c1-12-8-9-26-15(12)6-7-18(24)25-11-17(23)20-10-16(22)21-14-4-2-13(19)3-5-14/h2-9H,10-11H2,1H3,(H,20,23)(H,21,22)/b7-6+. The van der Waals surface area contributed by atoms with Crippen LogP contribution in [0.5, 0.6) is 0 Å². The molecule has 1 aromatic carbocycles. The lowest BCUT2D eigenvalue weighted by molar-refractivity contribution is -0.143. The normalized spacial score (nSPS) is 10.5. The Morgan fingerprint density at radius 1 is 1.15 bits per heavy atom. The van der Waals surface area contributed by atoms with E-state index in [9.17, 15) is 18.8 Å². The fourth-order valence-corrected chi connectivity index (χ4v) is 2.67. The third-order valence-electron chi connectivity index (χ3n) is 3.19. The molecule has 0 saturated heterocycles. The van der Waals surface area contributed by atoms with Gasteiger partial charge in [0, 0.05) is 16.6 Å². The molecular formula is C18H17FN2O4S. The van der Waals surface area contributed by atoms with E-state index in [1.54, 1.807) is 6.08 Å². The fraction of sp³-hybridized carbons (Fsp3) is 0.167. The highest BCUT2D eigenvalue weighted by Crippen LogP contribution is 2.16. The summed E-state index contributed by atoms with van der Waals surface area (Å²) in [6.07, 6.45) is 2.86. The van der Waals surface area contributed by atoms with Crippen molar-refractivity contribution in [1.29, 1.82) is 0 Å². The number of carbonyl (C=O) groups excluding carboxylic acids is 3. The second kappa shape index (κ2) is 9.47. The van der Waals surface area contributed by atoms with Crippen molar-refractivity contribution in [2.45, 2.75) is 6.92 Å². The summed E-state index contributed by atoms with van der Waals surface area (Å²) in [6.45, 7) is 1.14.